The minimum absolute atomic E-state index is 0.101. The molecule has 1 aromatic carbocycles. The largest absolute Gasteiger partial charge is 0.505 e. The topological polar surface area (TPSA) is 66.6 Å². The van der Waals surface area contributed by atoms with Crippen molar-refractivity contribution >= 4 is 11.6 Å². The SMILES string of the molecule is CC1(C)CCCN(C(=O)c2cccc(N)c2O)CC1. The number of phenols is 1. The molecular formula is C15H22N2O2. The van der Waals surface area contributed by atoms with Gasteiger partial charge in [-0.2, -0.15) is 0 Å². The Morgan fingerprint density at radius 1 is 1.32 bits per heavy atom. The molecule has 4 heteroatoms. The highest BCUT2D eigenvalue weighted by Crippen LogP contribution is 2.31. The molecule has 1 fully saturated rings. The number of rotatable bonds is 1. The second kappa shape index (κ2) is 5.11. The van der Waals surface area contributed by atoms with Crippen LogP contribution in [0.15, 0.2) is 18.2 Å². The van der Waals surface area contributed by atoms with Crippen LogP contribution in [0.1, 0.15) is 43.5 Å². The Kier molecular flexibility index (Phi) is 3.69. The summed E-state index contributed by atoms with van der Waals surface area (Å²) in [5, 5.41) is 9.90. The molecule has 104 valence electrons. The number of hydrogen-bond donors (Lipinski definition) is 2. The average molecular weight is 262 g/mol. The number of nitrogen functional groups attached to an aromatic ring is 1. The van der Waals surface area contributed by atoms with E-state index >= 15 is 0 Å². The van der Waals surface area contributed by atoms with Crippen LogP contribution in [0.25, 0.3) is 0 Å². The van der Waals surface area contributed by atoms with Gasteiger partial charge in [-0.1, -0.05) is 19.9 Å². The van der Waals surface area contributed by atoms with Gasteiger partial charge in [0.2, 0.25) is 0 Å². The number of carbonyl (C=O) groups excluding carboxylic acids is 1. The van der Waals surface area contributed by atoms with Crippen LogP contribution in [-0.2, 0) is 0 Å². The van der Waals surface area contributed by atoms with Gasteiger partial charge in [0.25, 0.3) is 5.91 Å². The van der Waals surface area contributed by atoms with Gasteiger partial charge in [0.1, 0.15) is 0 Å². The lowest BCUT2D eigenvalue weighted by atomic mass is 9.85. The summed E-state index contributed by atoms with van der Waals surface area (Å²) < 4.78 is 0. The number of anilines is 1. The van der Waals surface area contributed by atoms with Crippen molar-refractivity contribution in [2.45, 2.75) is 33.1 Å². The fourth-order valence-corrected chi connectivity index (χ4v) is 2.53. The number of likely N-dealkylation sites (tertiary alicyclic amines) is 1. The summed E-state index contributed by atoms with van der Waals surface area (Å²) in [5.74, 6) is -0.224. The second-order valence-corrected chi connectivity index (χ2v) is 6.05. The molecule has 2 rings (SSSR count). The number of nitrogens with zero attached hydrogens (tertiary/aromatic N) is 1. The van der Waals surface area contributed by atoms with Gasteiger partial charge in [0.15, 0.2) is 5.75 Å². The molecule has 1 aromatic rings. The Bertz CT molecular complexity index is 483. The number of benzene rings is 1. The summed E-state index contributed by atoms with van der Waals surface area (Å²) in [6, 6.07) is 4.92. The minimum atomic E-state index is -0.123. The molecule has 0 spiro atoms. The normalized spacial score (nSPS) is 18.9. The van der Waals surface area contributed by atoms with E-state index in [2.05, 4.69) is 13.8 Å². The molecule has 1 saturated heterocycles. The zero-order valence-corrected chi connectivity index (χ0v) is 11.6. The first-order valence-electron chi connectivity index (χ1n) is 6.77. The van der Waals surface area contributed by atoms with Crippen molar-refractivity contribution < 1.29 is 9.90 Å². The van der Waals surface area contributed by atoms with Gasteiger partial charge in [-0.05, 0) is 36.8 Å². The number of para-hydroxylation sites is 1. The van der Waals surface area contributed by atoms with Crippen LogP contribution >= 0.6 is 0 Å². The molecule has 0 aromatic heterocycles. The summed E-state index contributed by atoms with van der Waals surface area (Å²) in [7, 11) is 0. The average Bonchev–Trinajstić information content (AvgIpc) is 2.53. The van der Waals surface area contributed by atoms with Crippen molar-refractivity contribution in [1.82, 2.24) is 4.90 Å². The predicted molar refractivity (Wildman–Crippen MR) is 76.1 cm³/mol. The molecular weight excluding hydrogens is 240 g/mol. The Morgan fingerprint density at radius 2 is 2.05 bits per heavy atom. The van der Waals surface area contributed by atoms with Crippen LogP contribution < -0.4 is 5.73 Å². The molecule has 1 aliphatic heterocycles. The van der Waals surface area contributed by atoms with Crippen LogP contribution in [-0.4, -0.2) is 29.0 Å². The lowest BCUT2D eigenvalue weighted by molar-refractivity contribution is 0.0754. The molecule has 3 N–H and O–H groups in total. The number of nitrogens with two attached hydrogens (primary N) is 1. The van der Waals surface area contributed by atoms with Gasteiger partial charge < -0.3 is 15.7 Å². The summed E-state index contributed by atoms with van der Waals surface area (Å²) in [5.41, 5.74) is 6.48. The summed E-state index contributed by atoms with van der Waals surface area (Å²) in [6.07, 6.45) is 3.11. The van der Waals surface area contributed by atoms with Crippen molar-refractivity contribution in [3.63, 3.8) is 0 Å². The van der Waals surface area contributed by atoms with Crippen LogP contribution in [0.3, 0.4) is 0 Å². The number of carbonyl (C=O) groups is 1. The van der Waals surface area contributed by atoms with E-state index in [4.69, 9.17) is 5.73 Å². The van der Waals surface area contributed by atoms with E-state index in [-0.39, 0.29) is 22.8 Å². The molecule has 4 nitrogen and oxygen atoms in total. The third-order valence-electron chi connectivity index (χ3n) is 3.92. The number of aromatic hydroxyl groups is 1. The Hall–Kier alpha value is -1.71. The summed E-state index contributed by atoms with van der Waals surface area (Å²) >= 11 is 0. The zero-order valence-electron chi connectivity index (χ0n) is 11.6. The van der Waals surface area contributed by atoms with Crippen molar-refractivity contribution in [1.29, 1.82) is 0 Å². The second-order valence-electron chi connectivity index (χ2n) is 6.05. The fourth-order valence-electron chi connectivity index (χ4n) is 2.53. The first kappa shape index (κ1) is 13.7. The van der Waals surface area contributed by atoms with Gasteiger partial charge >= 0.3 is 0 Å². The summed E-state index contributed by atoms with van der Waals surface area (Å²) in [6.45, 7) is 5.95. The molecule has 0 saturated carbocycles. The van der Waals surface area contributed by atoms with Gasteiger partial charge in [0, 0.05) is 13.1 Å². The number of amides is 1. The molecule has 19 heavy (non-hydrogen) atoms. The molecule has 0 atom stereocenters. The molecule has 0 bridgehead atoms. The summed E-state index contributed by atoms with van der Waals surface area (Å²) in [4.78, 5) is 14.3. The molecule has 0 radical (unpaired) electrons. The molecule has 0 unspecified atom stereocenters. The lowest BCUT2D eigenvalue weighted by Gasteiger charge is -2.23. The van der Waals surface area contributed by atoms with E-state index in [0.717, 1.165) is 32.4 Å². The highest BCUT2D eigenvalue weighted by atomic mass is 16.3. The van der Waals surface area contributed by atoms with Crippen molar-refractivity contribution in [3.8, 4) is 5.75 Å². The van der Waals surface area contributed by atoms with E-state index < -0.39 is 0 Å². The van der Waals surface area contributed by atoms with Crippen LogP contribution in [0.2, 0.25) is 0 Å². The van der Waals surface area contributed by atoms with Crippen LogP contribution in [0, 0.1) is 5.41 Å². The fraction of sp³-hybridized carbons (Fsp3) is 0.533. The maximum absolute atomic E-state index is 12.4. The molecule has 1 heterocycles. The predicted octanol–water partition coefficient (Wildman–Crippen LogP) is 2.63. The third kappa shape index (κ3) is 3.00. The Labute approximate surface area is 114 Å². The first-order chi connectivity index (χ1) is 8.91. The van der Waals surface area contributed by atoms with E-state index in [0.29, 0.717) is 5.56 Å². The van der Waals surface area contributed by atoms with Gasteiger partial charge in [0.05, 0.1) is 11.3 Å². The third-order valence-corrected chi connectivity index (χ3v) is 3.92. The standard InChI is InChI=1S/C15H22N2O2/c1-15(2)7-4-9-17(10-8-15)14(19)11-5-3-6-12(16)13(11)18/h3,5-6,18H,4,7-10,16H2,1-2H3. The number of hydrogen-bond acceptors (Lipinski definition) is 3. The maximum atomic E-state index is 12.4. The number of phenolic OH excluding ortho intramolecular Hbond substituents is 1. The molecule has 0 aliphatic carbocycles. The smallest absolute Gasteiger partial charge is 0.257 e. The first-order valence-corrected chi connectivity index (χ1v) is 6.77. The lowest BCUT2D eigenvalue weighted by Crippen LogP contribution is -2.32. The van der Waals surface area contributed by atoms with Crippen LogP contribution in [0.4, 0.5) is 5.69 Å². The maximum Gasteiger partial charge on any atom is 0.257 e. The monoisotopic (exact) mass is 262 g/mol. The zero-order chi connectivity index (χ0) is 14.0. The van der Waals surface area contributed by atoms with Crippen molar-refractivity contribution in [2.24, 2.45) is 5.41 Å². The van der Waals surface area contributed by atoms with E-state index in [1.165, 1.54) is 0 Å². The van der Waals surface area contributed by atoms with Gasteiger partial charge in [-0.3, -0.25) is 4.79 Å². The Balaban J connectivity index is 2.18. The van der Waals surface area contributed by atoms with E-state index in [9.17, 15) is 9.90 Å². The Morgan fingerprint density at radius 3 is 2.79 bits per heavy atom. The van der Waals surface area contributed by atoms with Gasteiger partial charge in [-0.15, -0.1) is 0 Å². The highest BCUT2D eigenvalue weighted by molar-refractivity contribution is 5.98. The van der Waals surface area contributed by atoms with E-state index in [1.807, 2.05) is 4.90 Å². The quantitative estimate of drug-likeness (QED) is 0.604. The van der Waals surface area contributed by atoms with Crippen LogP contribution in [0.5, 0.6) is 5.75 Å². The minimum Gasteiger partial charge on any atom is -0.505 e. The van der Waals surface area contributed by atoms with Crippen molar-refractivity contribution in [2.75, 3.05) is 18.8 Å². The molecule has 1 aliphatic rings. The van der Waals surface area contributed by atoms with Gasteiger partial charge in [-0.25, -0.2) is 0 Å². The van der Waals surface area contributed by atoms with E-state index in [1.54, 1.807) is 18.2 Å². The highest BCUT2D eigenvalue weighted by Gasteiger charge is 2.27. The molecule has 1 amide bonds. The van der Waals surface area contributed by atoms with Crippen molar-refractivity contribution in [3.05, 3.63) is 23.8 Å².